The van der Waals surface area contributed by atoms with Crippen molar-refractivity contribution < 1.29 is 9.59 Å². The van der Waals surface area contributed by atoms with Crippen LogP contribution in [0, 0.1) is 13.8 Å². The van der Waals surface area contributed by atoms with E-state index in [4.69, 9.17) is 0 Å². The average molecular weight is 381 g/mol. The van der Waals surface area contributed by atoms with E-state index in [1.165, 1.54) is 12.8 Å². The fourth-order valence-electron chi connectivity index (χ4n) is 3.71. The number of nitrogens with one attached hydrogen (secondary N) is 2. The molecule has 1 saturated carbocycles. The van der Waals surface area contributed by atoms with E-state index < -0.39 is 0 Å². The van der Waals surface area contributed by atoms with Gasteiger partial charge in [0.05, 0.1) is 6.54 Å². The Kier molecular flexibility index (Phi) is 5.17. The summed E-state index contributed by atoms with van der Waals surface area (Å²) in [6, 6.07) is 7.88. The Morgan fingerprint density at radius 2 is 1.82 bits per heavy atom. The van der Waals surface area contributed by atoms with Crippen LogP contribution in [0.4, 0.5) is 5.69 Å². The molecular weight excluding hydrogens is 354 g/mol. The third-order valence-electron chi connectivity index (χ3n) is 5.61. The molecule has 2 N–H and O–H groups in total. The van der Waals surface area contributed by atoms with E-state index in [0.717, 1.165) is 22.5 Å². The van der Waals surface area contributed by atoms with Crippen molar-refractivity contribution in [2.24, 2.45) is 0 Å². The van der Waals surface area contributed by atoms with Crippen molar-refractivity contribution >= 4 is 17.5 Å². The van der Waals surface area contributed by atoms with Gasteiger partial charge < -0.3 is 10.2 Å². The Bertz CT molecular complexity index is 858. The van der Waals surface area contributed by atoms with Gasteiger partial charge >= 0.3 is 0 Å². The van der Waals surface area contributed by atoms with E-state index in [1.54, 1.807) is 0 Å². The highest BCUT2D eigenvalue weighted by Gasteiger charge is 2.29. The van der Waals surface area contributed by atoms with Crippen LogP contribution >= 0.6 is 0 Å². The van der Waals surface area contributed by atoms with E-state index in [1.807, 2.05) is 43.0 Å². The largest absolute Gasteiger partial charge is 0.335 e. The second-order valence-corrected chi connectivity index (χ2v) is 7.87. The maximum atomic E-state index is 12.6. The summed E-state index contributed by atoms with van der Waals surface area (Å²) in [6.07, 6.45) is 2.36. The number of rotatable bonds is 5. The predicted molar refractivity (Wildman–Crippen MR) is 107 cm³/mol. The molecule has 7 heteroatoms. The normalized spacial score (nSPS) is 17.6. The quantitative estimate of drug-likeness (QED) is 0.833. The van der Waals surface area contributed by atoms with Crippen LogP contribution in [0.1, 0.15) is 46.1 Å². The number of aromatic amines is 1. The summed E-state index contributed by atoms with van der Waals surface area (Å²) < 4.78 is 0. The van der Waals surface area contributed by atoms with Gasteiger partial charge in [-0.1, -0.05) is 18.2 Å². The first kappa shape index (κ1) is 18.7. The van der Waals surface area contributed by atoms with Crippen LogP contribution in [0.2, 0.25) is 0 Å². The van der Waals surface area contributed by atoms with E-state index in [2.05, 4.69) is 20.4 Å². The second-order valence-electron chi connectivity index (χ2n) is 7.87. The molecule has 1 aromatic carbocycles. The van der Waals surface area contributed by atoms with Gasteiger partial charge in [-0.25, -0.2) is 0 Å². The van der Waals surface area contributed by atoms with Gasteiger partial charge in [-0.2, -0.15) is 5.10 Å². The molecule has 1 aliphatic heterocycles. The van der Waals surface area contributed by atoms with Crippen molar-refractivity contribution in [2.45, 2.75) is 32.6 Å². The monoisotopic (exact) mass is 381 g/mol. The zero-order valence-electron chi connectivity index (χ0n) is 16.5. The third-order valence-corrected chi connectivity index (χ3v) is 5.61. The molecule has 2 aliphatic rings. The van der Waals surface area contributed by atoms with Gasteiger partial charge in [0.25, 0.3) is 5.91 Å². The second kappa shape index (κ2) is 7.75. The highest BCUT2D eigenvalue weighted by Crippen LogP contribution is 2.39. The van der Waals surface area contributed by atoms with Crippen LogP contribution in [0.3, 0.4) is 0 Å². The number of piperazine rings is 1. The molecule has 0 unspecified atom stereocenters. The first-order valence-corrected chi connectivity index (χ1v) is 9.94. The fourth-order valence-corrected chi connectivity index (χ4v) is 3.71. The van der Waals surface area contributed by atoms with Crippen LogP contribution in [0.5, 0.6) is 0 Å². The van der Waals surface area contributed by atoms with E-state index in [0.29, 0.717) is 44.3 Å². The Balaban J connectivity index is 1.27. The van der Waals surface area contributed by atoms with Gasteiger partial charge in [-0.3, -0.25) is 19.6 Å². The molecule has 0 spiro atoms. The predicted octanol–water partition coefficient (Wildman–Crippen LogP) is 2.30. The van der Waals surface area contributed by atoms with E-state index >= 15 is 0 Å². The molecule has 0 radical (unpaired) electrons. The number of hydrogen-bond acceptors (Lipinski definition) is 4. The maximum Gasteiger partial charge on any atom is 0.274 e. The fraction of sp³-hybridized carbons (Fsp3) is 0.476. The molecule has 1 saturated heterocycles. The summed E-state index contributed by atoms with van der Waals surface area (Å²) in [5.74, 6) is 0.516. The molecule has 1 aromatic heterocycles. The molecule has 1 aliphatic carbocycles. The highest BCUT2D eigenvalue weighted by molar-refractivity contribution is 5.94. The average Bonchev–Trinajstić information content (AvgIpc) is 3.42. The molecule has 0 atom stereocenters. The maximum absolute atomic E-state index is 12.6. The molecule has 148 valence electrons. The number of para-hydroxylation sites is 1. The van der Waals surface area contributed by atoms with Crippen molar-refractivity contribution in [1.82, 2.24) is 20.0 Å². The SMILES string of the molecule is Cc1cccc(C)c1NC(=O)CN1CCN(C(=O)c2cc(C3CC3)[nH]n2)CC1. The molecule has 7 nitrogen and oxygen atoms in total. The molecule has 2 aromatic rings. The van der Waals surface area contributed by atoms with Crippen molar-refractivity contribution in [3.05, 3.63) is 46.8 Å². The standard InChI is InChI=1S/C21H27N5O2/c1-14-4-3-5-15(2)20(14)22-19(27)13-25-8-10-26(11-9-25)21(28)18-12-17(23-24-18)16-6-7-16/h3-5,12,16H,6-11,13H2,1-2H3,(H,22,27)(H,23,24). The summed E-state index contributed by atoms with van der Waals surface area (Å²) in [7, 11) is 0. The minimum atomic E-state index is -0.0252. The van der Waals surface area contributed by atoms with Crippen molar-refractivity contribution in [1.29, 1.82) is 0 Å². The summed E-state index contributed by atoms with van der Waals surface area (Å²) in [5.41, 5.74) is 4.60. The number of benzene rings is 1. The van der Waals surface area contributed by atoms with Gasteiger partial charge in [0, 0.05) is 43.5 Å². The van der Waals surface area contributed by atoms with Gasteiger partial charge in [0.1, 0.15) is 5.69 Å². The summed E-state index contributed by atoms with van der Waals surface area (Å²) in [6.45, 7) is 6.93. The summed E-state index contributed by atoms with van der Waals surface area (Å²) >= 11 is 0. The first-order chi connectivity index (χ1) is 13.5. The van der Waals surface area contributed by atoms with Crippen LogP contribution in [-0.2, 0) is 4.79 Å². The zero-order chi connectivity index (χ0) is 19.7. The van der Waals surface area contributed by atoms with Crippen molar-refractivity contribution in [2.75, 3.05) is 38.0 Å². The minimum Gasteiger partial charge on any atom is -0.335 e. The van der Waals surface area contributed by atoms with Gasteiger partial charge in [-0.05, 0) is 43.9 Å². The number of aromatic nitrogens is 2. The number of aryl methyl sites for hydroxylation is 2. The molecule has 0 bridgehead atoms. The number of anilines is 1. The number of amides is 2. The number of carbonyl (C=O) groups excluding carboxylic acids is 2. The van der Waals surface area contributed by atoms with Crippen LogP contribution < -0.4 is 5.32 Å². The summed E-state index contributed by atoms with van der Waals surface area (Å²) in [5, 5.41) is 10.2. The highest BCUT2D eigenvalue weighted by atomic mass is 16.2. The number of H-pyrrole nitrogens is 1. The molecular formula is C21H27N5O2. The lowest BCUT2D eigenvalue weighted by Crippen LogP contribution is -2.50. The minimum absolute atomic E-state index is 0.0152. The Morgan fingerprint density at radius 1 is 1.14 bits per heavy atom. The molecule has 2 fully saturated rings. The van der Waals surface area contributed by atoms with Gasteiger partial charge in [0.15, 0.2) is 0 Å². The van der Waals surface area contributed by atoms with Crippen molar-refractivity contribution in [3.8, 4) is 0 Å². The number of carbonyl (C=O) groups is 2. The van der Waals surface area contributed by atoms with Crippen LogP contribution in [-0.4, -0.2) is 64.5 Å². The molecule has 2 heterocycles. The Hall–Kier alpha value is -2.67. The van der Waals surface area contributed by atoms with Crippen LogP contribution in [0.15, 0.2) is 24.3 Å². The summed E-state index contributed by atoms with van der Waals surface area (Å²) in [4.78, 5) is 29.0. The topological polar surface area (TPSA) is 81.3 Å². The van der Waals surface area contributed by atoms with Crippen molar-refractivity contribution in [3.63, 3.8) is 0 Å². The smallest absolute Gasteiger partial charge is 0.274 e. The number of hydrogen-bond donors (Lipinski definition) is 2. The molecule has 28 heavy (non-hydrogen) atoms. The lowest BCUT2D eigenvalue weighted by molar-refractivity contribution is -0.117. The van der Waals surface area contributed by atoms with Gasteiger partial charge in [0.2, 0.25) is 5.91 Å². The lowest BCUT2D eigenvalue weighted by atomic mass is 10.1. The lowest BCUT2D eigenvalue weighted by Gasteiger charge is -2.34. The zero-order valence-corrected chi connectivity index (χ0v) is 16.5. The number of nitrogens with zero attached hydrogens (tertiary/aromatic N) is 3. The van der Waals surface area contributed by atoms with Gasteiger partial charge in [-0.15, -0.1) is 0 Å². The molecule has 2 amide bonds. The third kappa shape index (κ3) is 4.09. The van der Waals surface area contributed by atoms with E-state index in [9.17, 15) is 9.59 Å². The Labute approximate surface area is 165 Å². The molecule has 4 rings (SSSR count). The van der Waals surface area contributed by atoms with E-state index in [-0.39, 0.29) is 11.8 Å². The Morgan fingerprint density at radius 3 is 2.46 bits per heavy atom. The first-order valence-electron chi connectivity index (χ1n) is 9.94. The van der Waals surface area contributed by atoms with Crippen LogP contribution in [0.25, 0.3) is 0 Å².